The fourth-order valence-electron chi connectivity index (χ4n) is 2.15. The summed E-state index contributed by atoms with van der Waals surface area (Å²) in [6, 6.07) is 0. The van der Waals surface area contributed by atoms with Crippen LogP contribution in [0.4, 0.5) is 0 Å². The van der Waals surface area contributed by atoms with Crippen molar-refractivity contribution in [1.29, 1.82) is 0 Å². The van der Waals surface area contributed by atoms with Crippen molar-refractivity contribution in [2.75, 3.05) is 32.8 Å². The lowest BCUT2D eigenvalue weighted by atomic mass is 9.97. The van der Waals surface area contributed by atoms with E-state index in [2.05, 4.69) is 18.7 Å². The lowest BCUT2D eigenvalue weighted by Crippen LogP contribution is -2.37. The molecule has 0 aliphatic carbocycles. The lowest BCUT2D eigenvalue weighted by Gasteiger charge is -2.28. The van der Waals surface area contributed by atoms with Crippen molar-refractivity contribution in [1.82, 2.24) is 4.90 Å². The normalized spacial score (nSPS) is 21.0. The molecule has 2 heteroatoms. The highest BCUT2D eigenvalue weighted by Crippen LogP contribution is 2.15. The van der Waals surface area contributed by atoms with Gasteiger partial charge in [0, 0.05) is 13.1 Å². The minimum absolute atomic E-state index is 0.935. The molecule has 0 saturated carbocycles. The predicted octanol–water partition coefficient (Wildman–Crippen LogP) is 2.54. The zero-order valence-electron chi connectivity index (χ0n) is 9.80. The molecule has 0 spiro atoms. The number of hydrogen-bond donors (Lipinski definition) is 0. The van der Waals surface area contributed by atoms with Gasteiger partial charge >= 0.3 is 0 Å². The highest BCUT2D eigenvalue weighted by atomic mass is 16.5. The number of rotatable bonds is 6. The Hall–Kier alpha value is -0.0800. The molecule has 0 aromatic carbocycles. The molecule has 0 radical (unpaired) electrons. The summed E-state index contributed by atoms with van der Waals surface area (Å²) in [7, 11) is 0. The Kier molecular flexibility index (Phi) is 6.20. The summed E-state index contributed by atoms with van der Waals surface area (Å²) in [6.07, 6.45) is 5.46. The fraction of sp³-hybridized carbons (Fsp3) is 1.00. The molecule has 0 aromatic heterocycles. The van der Waals surface area contributed by atoms with E-state index in [1.807, 2.05) is 0 Å². The molecular formula is C12H25NO. The summed E-state index contributed by atoms with van der Waals surface area (Å²) in [6.45, 7) is 10.0. The predicted molar refractivity (Wildman–Crippen MR) is 60.6 cm³/mol. The van der Waals surface area contributed by atoms with Gasteiger partial charge in [0.25, 0.3) is 0 Å². The summed E-state index contributed by atoms with van der Waals surface area (Å²) in [5.74, 6) is 0.947. The maximum Gasteiger partial charge on any atom is 0.0594 e. The first-order valence-electron chi connectivity index (χ1n) is 6.16. The van der Waals surface area contributed by atoms with Crippen LogP contribution in [0.1, 0.15) is 39.5 Å². The Morgan fingerprint density at radius 3 is 2.43 bits per heavy atom. The van der Waals surface area contributed by atoms with Crippen LogP contribution in [0, 0.1) is 5.92 Å². The highest BCUT2D eigenvalue weighted by molar-refractivity contribution is 4.65. The second-order valence-corrected chi connectivity index (χ2v) is 4.31. The first kappa shape index (κ1) is 12.0. The van der Waals surface area contributed by atoms with Gasteiger partial charge in [-0.2, -0.15) is 0 Å². The van der Waals surface area contributed by atoms with Gasteiger partial charge in [0.1, 0.15) is 0 Å². The van der Waals surface area contributed by atoms with Gasteiger partial charge in [-0.15, -0.1) is 0 Å². The quantitative estimate of drug-likeness (QED) is 0.652. The molecule has 1 rings (SSSR count). The topological polar surface area (TPSA) is 12.5 Å². The second-order valence-electron chi connectivity index (χ2n) is 4.31. The molecule has 1 saturated heterocycles. The van der Waals surface area contributed by atoms with Crippen molar-refractivity contribution < 1.29 is 4.74 Å². The van der Waals surface area contributed by atoms with Crippen molar-refractivity contribution in [2.24, 2.45) is 5.92 Å². The standard InChI is InChI=1S/C12H25NO/c1-3-5-12(4-2)6-7-13-8-10-14-11-9-13/h12H,3-11H2,1-2H3. The Labute approximate surface area is 88.6 Å². The SMILES string of the molecule is CCCC(CC)CCN1CCOCC1. The third-order valence-corrected chi connectivity index (χ3v) is 3.23. The van der Waals surface area contributed by atoms with E-state index in [1.54, 1.807) is 0 Å². The maximum absolute atomic E-state index is 5.34. The first-order chi connectivity index (χ1) is 6.86. The summed E-state index contributed by atoms with van der Waals surface area (Å²) in [5, 5.41) is 0. The van der Waals surface area contributed by atoms with Crippen LogP contribution in [0.3, 0.4) is 0 Å². The molecule has 2 nitrogen and oxygen atoms in total. The van der Waals surface area contributed by atoms with Crippen molar-refractivity contribution in [3.63, 3.8) is 0 Å². The Bertz CT molecular complexity index is 128. The minimum atomic E-state index is 0.935. The monoisotopic (exact) mass is 199 g/mol. The maximum atomic E-state index is 5.34. The average molecular weight is 199 g/mol. The second kappa shape index (κ2) is 7.24. The van der Waals surface area contributed by atoms with Crippen LogP contribution in [0.2, 0.25) is 0 Å². The summed E-state index contributed by atoms with van der Waals surface area (Å²) < 4.78 is 5.34. The van der Waals surface area contributed by atoms with E-state index in [0.29, 0.717) is 0 Å². The van der Waals surface area contributed by atoms with Gasteiger partial charge in [0.15, 0.2) is 0 Å². The van der Waals surface area contributed by atoms with Gasteiger partial charge in [-0.05, 0) is 18.9 Å². The van der Waals surface area contributed by atoms with Gasteiger partial charge in [0.2, 0.25) is 0 Å². The van der Waals surface area contributed by atoms with Crippen LogP contribution >= 0.6 is 0 Å². The van der Waals surface area contributed by atoms with Crippen LogP contribution in [-0.4, -0.2) is 37.7 Å². The third kappa shape index (κ3) is 4.43. The number of ether oxygens (including phenoxy) is 1. The molecular weight excluding hydrogens is 174 g/mol. The van der Waals surface area contributed by atoms with E-state index in [1.165, 1.54) is 32.2 Å². The molecule has 0 aromatic rings. The number of hydrogen-bond acceptors (Lipinski definition) is 2. The molecule has 1 atom stereocenters. The molecule has 14 heavy (non-hydrogen) atoms. The molecule has 1 aliphatic rings. The molecule has 1 unspecified atom stereocenters. The van der Waals surface area contributed by atoms with E-state index in [-0.39, 0.29) is 0 Å². The number of morpholine rings is 1. The molecule has 0 N–H and O–H groups in total. The Balaban J connectivity index is 2.10. The van der Waals surface area contributed by atoms with Gasteiger partial charge in [-0.25, -0.2) is 0 Å². The summed E-state index contributed by atoms with van der Waals surface area (Å²) in [5.41, 5.74) is 0. The molecule has 1 fully saturated rings. The molecule has 0 amide bonds. The van der Waals surface area contributed by atoms with Crippen molar-refractivity contribution in [3.8, 4) is 0 Å². The van der Waals surface area contributed by atoms with Gasteiger partial charge in [-0.1, -0.05) is 33.1 Å². The van der Waals surface area contributed by atoms with E-state index < -0.39 is 0 Å². The highest BCUT2D eigenvalue weighted by Gasteiger charge is 2.12. The van der Waals surface area contributed by atoms with Gasteiger partial charge in [-0.3, -0.25) is 4.90 Å². The zero-order valence-corrected chi connectivity index (χ0v) is 9.80. The number of nitrogens with zero attached hydrogens (tertiary/aromatic N) is 1. The van der Waals surface area contributed by atoms with E-state index in [4.69, 9.17) is 4.74 Å². The van der Waals surface area contributed by atoms with Gasteiger partial charge < -0.3 is 4.74 Å². The van der Waals surface area contributed by atoms with Gasteiger partial charge in [0.05, 0.1) is 13.2 Å². The summed E-state index contributed by atoms with van der Waals surface area (Å²) in [4.78, 5) is 2.54. The molecule has 1 heterocycles. The smallest absolute Gasteiger partial charge is 0.0594 e. The Morgan fingerprint density at radius 1 is 1.14 bits per heavy atom. The Morgan fingerprint density at radius 2 is 1.86 bits per heavy atom. The van der Waals surface area contributed by atoms with Crippen molar-refractivity contribution in [3.05, 3.63) is 0 Å². The third-order valence-electron chi connectivity index (χ3n) is 3.23. The van der Waals surface area contributed by atoms with E-state index in [0.717, 1.165) is 32.2 Å². The van der Waals surface area contributed by atoms with Crippen LogP contribution < -0.4 is 0 Å². The van der Waals surface area contributed by atoms with Crippen LogP contribution in [0.25, 0.3) is 0 Å². The largest absolute Gasteiger partial charge is 0.379 e. The summed E-state index contributed by atoms with van der Waals surface area (Å²) >= 11 is 0. The zero-order chi connectivity index (χ0) is 10.2. The van der Waals surface area contributed by atoms with Crippen molar-refractivity contribution >= 4 is 0 Å². The minimum Gasteiger partial charge on any atom is -0.379 e. The average Bonchev–Trinajstić information content (AvgIpc) is 2.25. The molecule has 0 bridgehead atoms. The molecule has 1 aliphatic heterocycles. The van der Waals surface area contributed by atoms with Crippen LogP contribution in [-0.2, 0) is 4.74 Å². The fourth-order valence-corrected chi connectivity index (χ4v) is 2.15. The molecule has 84 valence electrons. The van der Waals surface area contributed by atoms with E-state index in [9.17, 15) is 0 Å². The first-order valence-corrected chi connectivity index (χ1v) is 6.16. The van der Waals surface area contributed by atoms with Crippen LogP contribution in [0.5, 0.6) is 0 Å². The lowest BCUT2D eigenvalue weighted by molar-refractivity contribution is 0.0351. The van der Waals surface area contributed by atoms with Crippen molar-refractivity contribution in [2.45, 2.75) is 39.5 Å². The van der Waals surface area contributed by atoms with E-state index >= 15 is 0 Å². The van der Waals surface area contributed by atoms with Crippen LogP contribution in [0.15, 0.2) is 0 Å².